The van der Waals surface area contributed by atoms with E-state index in [2.05, 4.69) is 10.1 Å². The summed E-state index contributed by atoms with van der Waals surface area (Å²) in [7, 11) is 1.26. The molecule has 0 radical (unpaired) electrons. The molecular formula is C11H11NO4. The molecule has 16 heavy (non-hydrogen) atoms. The maximum Gasteiger partial charge on any atom is 0.408 e. The number of alkyl carbamates (subject to hydrolysis) is 1. The summed E-state index contributed by atoms with van der Waals surface area (Å²) >= 11 is 0. The normalized spacial score (nSPS) is 23.4. The molecule has 1 N–H and O–H groups in total. The smallest absolute Gasteiger partial charge is 0.408 e. The van der Waals surface area contributed by atoms with Crippen molar-refractivity contribution in [2.45, 2.75) is 12.1 Å². The minimum atomic E-state index is -0.917. The van der Waals surface area contributed by atoms with Crippen LogP contribution in [0.2, 0.25) is 0 Å². The Morgan fingerprint density at radius 2 is 2.06 bits per heavy atom. The number of carbonyl (C=O) groups is 2. The maximum absolute atomic E-state index is 11.4. The Bertz CT molecular complexity index is 404. The summed E-state index contributed by atoms with van der Waals surface area (Å²) < 4.78 is 9.43. The SMILES string of the molecule is COC(=O)[C@@H]1OC(=O)N[C@H]1c1ccccc1. The number of ether oxygens (including phenoxy) is 2. The second-order valence-corrected chi connectivity index (χ2v) is 3.38. The van der Waals surface area contributed by atoms with Crippen molar-refractivity contribution in [1.82, 2.24) is 5.32 Å². The van der Waals surface area contributed by atoms with E-state index in [-0.39, 0.29) is 0 Å². The van der Waals surface area contributed by atoms with Crippen LogP contribution in [-0.4, -0.2) is 25.3 Å². The van der Waals surface area contributed by atoms with Crippen molar-refractivity contribution in [3.8, 4) is 0 Å². The van der Waals surface area contributed by atoms with Crippen LogP contribution in [0.4, 0.5) is 4.79 Å². The van der Waals surface area contributed by atoms with Crippen LogP contribution in [0.3, 0.4) is 0 Å². The fraction of sp³-hybridized carbons (Fsp3) is 0.273. The Hall–Kier alpha value is -2.04. The van der Waals surface area contributed by atoms with Crippen LogP contribution in [0.15, 0.2) is 30.3 Å². The lowest BCUT2D eigenvalue weighted by molar-refractivity contribution is -0.149. The number of hydrogen-bond acceptors (Lipinski definition) is 4. The van der Waals surface area contributed by atoms with Crippen molar-refractivity contribution >= 4 is 12.1 Å². The van der Waals surface area contributed by atoms with Gasteiger partial charge in [0, 0.05) is 0 Å². The summed E-state index contributed by atoms with van der Waals surface area (Å²) in [5.41, 5.74) is 0.809. The summed E-state index contributed by atoms with van der Waals surface area (Å²) in [5.74, 6) is -0.563. The molecule has 2 rings (SSSR count). The van der Waals surface area contributed by atoms with Gasteiger partial charge in [-0.15, -0.1) is 0 Å². The number of amides is 1. The zero-order valence-electron chi connectivity index (χ0n) is 8.67. The molecule has 5 nitrogen and oxygen atoms in total. The van der Waals surface area contributed by atoms with Gasteiger partial charge in [-0.1, -0.05) is 30.3 Å². The van der Waals surface area contributed by atoms with Crippen molar-refractivity contribution in [3.63, 3.8) is 0 Å². The van der Waals surface area contributed by atoms with Crippen LogP contribution < -0.4 is 5.32 Å². The molecule has 1 aromatic rings. The van der Waals surface area contributed by atoms with Gasteiger partial charge in [0.1, 0.15) is 6.04 Å². The van der Waals surface area contributed by atoms with Gasteiger partial charge in [-0.3, -0.25) is 0 Å². The first-order valence-corrected chi connectivity index (χ1v) is 4.82. The van der Waals surface area contributed by atoms with E-state index in [0.29, 0.717) is 0 Å². The third-order valence-electron chi connectivity index (χ3n) is 2.40. The molecule has 1 amide bonds. The molecule has 0 saturated carbocycles. The van der Waals surface area contributed by atoms with Gasteiger partial charge < -0.3 is 14.8 Å². The highest BCUT2D eigenvalue weighted by Gasteiger charge is 2.41. The van der Waals surface area contributed by atoms with E-state index in [1.807, 2.05) is 30.3 Å². The molecule has 1 heterocycles. The number of carbonyl (C=O) groups excluding carboxylic acids is 2. The molecule has 0 bridgehead atoms. The van der Waals surface area contributed by atoms with E-state index in [1.54, 1.807) is 0 Å². The average molecular weight is 221 g/mol. The number of benzene rings is 1. The van der Waals surface area contributed by atoms with E-state index < -0.39 is 24.2 Å². The van der Waals surface area contributed by atoms with Gasteiger partial charge in [-0.2, -0.15) is 0 Å². The van der Waals surface area contributed by atoms with Crippen LogP contribution in [0.25, 0.3) is 0 Å². The molecule has 1 aliphatic heterocycles. The van der Waals surface area contributed by atoms with E-state index in [4.69, 9.17) is 4.74 Å². The Balaban J connectivity index is 2.26. The third kappa shape index (κ3) is 1.84. The second kappa shape index (κ2) is 4.22. The van der Waals surface area contributed by atoms with Gasteiger partial charge in [-0.25, -0.2) is 9.59 Å². The van der Waals surface area contributed by atoms with E-state index >= 15 is 0 Å². The highest BCUT2D eigenvalue weighted by molar-refractivity contribution is 5.83. The van der Waals surface area contributed by atoms with Crippen molar-refractivity contribution in [2.24, 2.45) is 0 Å². The van der Waals surface area contributed by atoms with E-state index in [0.717, 1.165) is 5.56 Å². The van der Waals surface area contributed by atoms with Crippen LogP contribution in [-0.2, 0) is 14.3 Å². The number of methoxy groups -OCH3 is 1. The van der Waals surface area contributed by atoms with Gasteiger partial charge in [0.25, 0.3) is 0 Å². The Morgan fingerprint density at radius 3 is 2.69 bits per heavy atom. The van der Waals surface area contributed by atoms with Crippen molar-refractivity contribution in [1.29, 1.82) is 0 Å². The molecule has 2 atom stereocenters. The van der Waals surface area contributed by atoms with E-state index in [9.17, 15) is 9.59 Å². The predicted octanol–water partition coefficient (Wildman–Crippen LogP) is 1.01. The van der Waals surface area contributed by atoms with Crippen molar-refractivity contribution in [2.75, 3.05) is 7.11 Å². The highest BCUT2D eigenvalue weighted by atomic mass is 16.6. The van der Waals surface area contributed by atoms with Crippen LogP contribution in [0.1, 0.15) is 11.6 Å². The summed E-state index contributed by atoms with van der Waals surface area (Å²) in [4.78, 5) is 22.5. The quantitative estimate of drug-likeness (QED) is 0.757. The van der Waals surface area contributed by atoms with E-state index in [1.165, 1.54) is 7.11 Å². The van der Waals surface area contributed by atoms with Crippen molar-refractivity contribution < 1.29 is 19.1 Å². The Morgan fingerprint density at radius 1 is 1.38 bits per heavy atom. The molecule has 5 heteroatoms. The topological polar surface area (TPSA) is 64.6 Å². The Kier molecular flexibility index (Phi) is 2.76. The lowest BCUT2D eigenvalue weighted by Gasteiger charge is -2.14. The Labute approximate surface area is 92.4 Å². The summed E-state index contributed by atoms with van der Waals surface area (Å²) in [6.45, 7) is 0. The fourth-order valence-electron chi connectivity index (χ4n) is 1.64. The molecular weight excluding hydrogens is 210 g/mol. The van der Waals surface area contributed by atoms with Crippen LogP contribution >= 0.6 is 0 Å². The first-order valence-electron chi connectivity index (χ1n) is 4.82. The molecule has 0 aliphatic carbocycles. The molecule has 1 aromatic carbocycles. The number of rotatable bonds is 2. The predicted molar refractivity (Wildman–Crippen MR) is 54.6 cm³/mol. The second-order valence-electron chi connectivity index (χ2n) is 3.38. The third-order valence-corrected chi connectivity index (χ3v) is 2.40. The zero-order chi connectivity index (χ0) is 11.5. The van der Waals surface area contributed by atoms with Gasteiger partial charge in [0.2, 0.25) is 6.10 Å². The number of hydrogen-bond donors (Lipinski definition) is 1. The molecule has 0 spiro atoms. The first-order chi connectivity index (χ1) is 7.72. The minimum absolute atomic E-state index is 0.485. The fourth-order valence-corrected chi connectivity index (χ4v) is 1.64. The molecule has 1 aliphatic rings. The van der Waals surface area contributed by atoms with Gasteiger partial charge in [0.05, 0.1) is 7.11 Å². The standard InChI is InChI=1S/C11H11NO4/c1-15-10(13)9-8(12-11(14)16-9)7-5-3-2-4-6-7/h2-6,8-9H,1H3,(H,12,14)/t8-,9+/m0/s1. The molecule has 1 fully saturated rings. The monoisotopic (exact) mass is 221 g/mol. The van der Waals surface area contributed by atoms with Gasteiger partial charge in [0.15, 0.2) is 0 Å². The number of cyclic esters (lactones) is 1. The lowest BCUT2D eigenvalue weighted by Crippen LogP contribution is -2.30. The van der Waals surface area contributed by atoms with Gasteiger partial charge in [-0.05, 0) is 5.56 Å². The van der Waals surface area contributed by atoms with Gasteiger partial charge >= 0.3 is 12.1 Å². The highest BCUT2D eigenvalue weighted by Crippen LogP contribution is 2.25. The number of esters is 1. The lowest BCUT2D eigenvalue weighted by atomic mass is 10.0. The van der Waals surface area contributed by atoms with Crippen molar-refractivity contribution in [3.05, 3.63) is 35.9 Å². The van der Waals surface area contributed by atoms with Crippen LogP contribution in [0.5, 0.6) is 0 Å². The summed E-state index contributed by atoms with van der Waals surface area (Å²) in [6.07, 6.45) is -1.52. The maximum atomic E-state index is 11.4. The largest absolute Gasteiger partial charge is 0.466 e. The van der Waals surface area contributed by atoms with Crippen LogP contribution in [0, 0.1) is 0 Å². The zero-order valence-corrected chi connectivity index (χ0v) is 8.67. The molecule has 84 valence electrons. The molecule has 0 unspecified atom stereocenters. The minimum Gasteiger partial charge on any atom is -0.466 e. The summed E-state index contributed by atoms with van der Waals surface area (Å²) in [6, 6.07) is 8.66. The molecule has 0 aromatic heterocycles. The first kappa shape index (κ1) is 10.5. The summed E-state index contributed by atoms with van der Waals surface area (Å²) in [5, 5.41) is 2.57. The average Bonchev–Trinajstić information content (AvgIpc) is 2.71. The number of nitrogens with one attached hydrogen (secondary N) is 1. The molecule has 1 saturated heterocycles.